The van der Waals surface area contributed by atoms with Crippen molar-refractivity contribution in [1.82, 2.24) is 19.8 Å². The number of aromatic nitrogens is 2. The summed E-state index contributed by atoms with van der Waals surface area (Å²) >= 11 is 1.39. The van der Waals surface area contributed by atoms with Gasteiger partial charge in [-0.25, -0.2) is 4.98 Å². The van der Waals surface area contributed by atoms with Crippen LogP contribution in [0, 0.1) is 13.8 Å². The second-order valence-corrected chi connectivity index (χ2v) is 11.0. The van der Waals surface area contributed by atoms with Gasteiger partial charge in [-0.15, -0.1) is 0 Å². The van der Waals surface area contributed by atoms with Gasteiger partial charge in [-0.1, -0.05) is 54.6 Å². The molecule has 7 nitrogen and oxygen atoms in total. The van der Waals surface area contributed by atoms with Gasteiger partial charge in [-0.2, -0.15) is 4.98 Å². The molecular formula is C31H31N5O2S. The summed E-state index contributed by atoms with van der Waals surface area (Å²) in [5.74, 6) is 0.981. The first-order valence-electron chi connectivity index (χ1n) is 13.2. The van der Waals surface area contributed by atoms with Crippen LogP contribution in [0.15, 0.2) is 83.8 Å². The van der Waals surface area contributed by atoms with Crippen molar-refractivity contribution in [1.29, 1.82) is 0 Å². The zero-order valence-corrected chi connectivity index (χ0v) is 22.9. The van der Waals surface area contributed by atoms with E-state index in [2.05, 4.69) is 65.9 Å². The minimum absolute atomic E-state index is 0.0147. The smallest absolute Gasteiger partial charge is 0.254 e. The molecule has 1 amide bonds. The molecular weight excluding hydrogens is 506 g/mol. The third kappa shape index (κ3) is 5.77. The van der Waals surface area contributed by atoms with Gasteiger partial charge in [0.25, 0.3) is 5.91 Å². The van der Waals surface area contributed by atoms with Gasteiger partial charge in [0.2, 0.25) is 11.8 Å². The average molecular weight is 538 g/mol. The summed E-state index contributed by atoms with van der Waals surface area (Å²) in [6.07, 6.45) is -0.259. The standard InChI is InChI=1S/C31H31N5O2S/c1-21-8-6-9-22(2)29(21)27-17-28-33-31(32-27)34-39-26-13-7-12-24(16-26)30(37)36-15-14-35(19-25(20-36)38-28)18-23-10-4-3-5-11-23/h3-13,16-17,25H,14-15,18-20H2,1-2H3,(H,32,33,34)/t25-/m0/s1. The Morgan fingerprint density at radius 3 is 2.54 bits per heavy atom. The van der Waals surface area contributed by atoms with Crippen molar-refractivity contribution in [2.24, 2.45) is 0 Å². The molecule has 2 aliphatic rings. The van der Waals surface area contributed by atoms with Crippen LogP contribution in [-0.2, 0) is 6.54 Å². The molecule has 3 aromatic carbocycles. The lowest BCUT2D eigenvalue weighted by Crippen LogP contribution is -2.40. The molecule has 1 aromatic heterocycles. The lowest BCUT2D eigenvalue weighted by molar-refractivity contribution is 0.0690. The first kappa shape index (κ1) is 25.4. The van der Waals surface area contributed by atoms with Crippen molar-refractivity contribution < 1.29 is 9.53 Å². The normalized spacial score (nSPS) is 17.6. The summed E-state index contributed by atoms with van der Waals surface area (Å²) in [6.45, 7) is 7.53. The van der Waals surface area contributed by atoms with Crippen molar-refractivity contribution in [3.05, 3.63) is 101 Å². The van der Waals surface area contributed by atoms with Crippen LogP contribution in [0.25, 0.3) is 11.3 Å². The molecule has 3 heterocycles. The van der Waals surface area contributed by atoms with Crippen LogP contribution in [0.1, 0.15) is 27.0 Å². The second kappa shape index (κ2) is 11.1. The predicted molar refractivity (Wildman–Crippen MR) is 155 cm³/mol. The van der Waals surface area contributed by atoms with Gasteiger partial charge in [0.15, 0.2) is 0 Å². The van der Waals surface area contributed by atoms with Gasteiger partial charge in [0.1, 0.15) is 6.10 Å². The summed E-state index contributed by atoms with van der Waals surface area (Å²) in [6, 6.07) is 26.3. The number of anilines is 1. The van der Waals surface area contributed by atoms with E-state index in [4.69, 9.17) is 14.7 Å². The Bertz CT molecular complexity index is 1480. The van der Waals surface area contributed by atoms with E-state index in [1.165, 1.54) is 17.5 Å². The van der Waals surface area contributed by atoms with Crippen LogP contribution in [0.3, 0.4) is 0 Å². The highest BCUT2D eigenvalue weighted by Crippen LogP contribution is 2.31. The number of aryl methyl sites for hydroxylation is 2. The first-order valence-corrected chi connectivity index (χ1v) is 14.0. The Hall–Kier alpha value is -3.88. The molecule has 6 rings (SSSR count). The van der Waals surface area contributed by atoms with Gasteiger partial charge in [0.05, 0.1) is 12.2 Å². The van der Waals surface area contributed by atoms with Gasteiger partial charge in [-0.05, 0) is 60.7 Å². The lowest BCUT2D eigenvalue weighted by Gasteiger charge is -2.25. The number of nitrogens with zero attached hydrogens (tertiary/aromatic N) is 4. The number of fused-ring (bicyclic) bond motifs is 6. The maximum absolute atomic E-state index is 13.6. The second-order valence-electron chi connectivity index (χ2n) is 10.1. The molecule has 0 radical (unpaired) electrons. The number of benzene rings is 3. The highest BCUT2D eigenvalue weighted by Gasteiger charge is 2.29. The molecule has 2 aliphatic heterocycles. The van der Waals surface area contributed by atoms with Crippen LogP contribution in [-0.4, -0.2) is 58.0 Å². The Kier molecular flexibility index (Phi) is 7.22. The topological polar surface area (TPSA) is 70.6 Å². The lowest BCUT2D eigenvalue weighted by atomic mass is 10.00. The zero-order chi connectivity index (χ0) is 26.8. The van der Waals surface area contributed by atoms with E-state index in [1.54, 1.807) is 0 Å². The monoisotopic (exact) mass is 537 g/mol. The summed E-state index contributed by atoms with van der Waals surface area (Å²) < 4.78 is 9.89. The van der Waals surface area contributed by atoms with E-state index in [9.17, 15) is 4.79 Å². The van der Waals surface area contributed by atoms with Crippen molar-refractivity contribution in [2.75, 3.05) is 30.9 Å². The van der Waals surface area contributed by atoms with Crippen LogP contribution >= 0.6 is 11.9 Å². The van der Waals surface area contributed by atoms with Crippen molar-refractivity contribution in [3.63, 3.8) is 0 Å². The summed E-state index contributed by atoms with van der Waals surface area (Å²) in [5.41, 5.74) is 6.08. The number of amides is 1. The number of ether oxygens (including phenoxy) is 1. The van der Waals surface area contributed by atoms with Crippen molar-refractivity contribution in [3.8, 4) is 17.1 Å². The largest absolute Gasteiger partial charge is 0.471 e. The molecule has 0 saturated carbocycles. The molecule has 8 heteroatoms. The predicted octanol–water partition coefficient (Wildman–Crippen LogP) is 5.60. The van der Waals surface area contributed by atoms with Gasteiger partial charge in [-0.3, -0.25) is 14.4 Å². The van der Waals surface area contributed by atoms with Crippen LogP contribution in [0.5, 0.6) is 5.88 Å². The fraction of sp³-hybridized carbons (Fsp3) is 0.258. The van der Waals surface area contributed by atoms with Gasteiger partial charge < -0.3 is 9.64 Å². The summed E-state index contributed by atoms with van der Waals surface area (Å²) in [5, 5.41) is 0. The molecule has 39 heavy (non-hydrogen) atoms. The molecule has 1 saturated heterocycles. The fourth-order valence-electron chi connectivity index (χ4n) is 5.31. The number of hydrogen-bond donors (Lipinski definition) is 1. The number of carbonyl (C=O) groups excluding carboxylic acids is 1. The molecule has 0 unspecified atom stereocenters. The Morgan fingerprint density at radius 1 is 0.923 bits per heavy atom. The molecule has 6 bridgehead atoms. The van der Waals surface area contributed by atoms with E-state index in [-0.39, 0.29) is 12.0 Å². The van der Waals surface area contributed by atoms with Crippen LogP contribution < -0.4 is 9.46 Å². The third-order valence-corrected chi connectivity index (χ3v) is 7.95. The van der Waals surface area contributed by atoms with E-state index in [1.807, 2.05) is 41.3 Å². The highest BCUT2D eigenvalue weighted by atomic mass is 32.2. The zero-order valence-electron chi connectivity index (χ0n) is 22.1. The first-order chi connectivity index (χ1) is 19.0. The average Bonchev–Trinajstić information content (AvgIpc) is 3.13. The summed E-state index contributed by atoms with van der Waals surface area (Å²) in [7, 11) is 0. The SMILES string of the molecule is Cc1cccc(C)c1-c1cc2nc(n1)NSc1cccc(c1)C(=O)N1CCN(Cc3ccccc3)C[C@@H](C1)O2. The molecule has 0 spiro atoms. The molecule has 1 N–H and O–H groups in total. The fourth-order valence-corrected chi connectivity index (χ4v) is 5.94. The Labute approximate surface area is 233 Å². The van der Waals surface area contributed by atoms with Gasteiger partial charge >= 0.3 is 0 Å². The number of hydrogen-bond acceptors (Lipinski definition) is 7. The third-order valence-electron chi connectivity index (χ3n) is 7.18. The quantitative estimate of drug-likeness (QED) is 0.341. The van der Waals surface area contributed by atoms with E-state index < -0.39 is 0 Å². The maximum Gasteiger partial charge on any atom is 0.254 e. The Balaban J connectivity index is 1.40. The van der Waals surface area contributed by atoms with Gasteiger partial charge in [0, 0.05) is 48.3 Å². The highest BCUT2D eigenvalue weighted by molar-refractivity contribution is 8.00. The molecule has 0 aliphatic carbocycles. The minimum atomic E-state index is -0.259. The molecule has 198 valence electrons. The van der Waals surface area contributed by atoms with E-state index >= 15 is 0 Å². The summed E-state index contributed by atoms with van der Waals surface area (Å²) in [4.78, 5) is 28.4. The van der Waals surface area contributed by atoms with E-state index in [0.717, 1.165) is 40.4 Å². The number of rotatable bonds is 3. The molecule has 4 aromatic rings. The van der Waals surface area contributed by atoms with E-state index in [0.29, 0.717) is 37.0 Å². The van der Waals surface area contributed by atoms with Crippen LogP contribution in [0.4, 0.5) is 5.95 Å². The van der Waals surface area contributed by atoms with Crippen molar-refractivity contribution >= 4 is 23.8 Å². The maximum atomic E-state index is 13.6. The number of nitrogens with one attached hydrogen (secondary N) is 1. The van der Waals surface area contributed by atoms with Crippen molar-refractivity contribution in [2.45, 2.75) is 31.4 Å². The molecule has 1 fully saturated rings. The number of carbonyl (C=O) groups is 1. The van der Waals surface area contributed by atoms with Crippen LogP contribution in [0.2, 0.25) is 0 Å². The molecule has 1 atom stereocenters. The minimum Gasteiger partial charge on any atom is -0.471 e. The Morgan fingerprint density at radius 2 is 1.72 bits per heavy atom.